The molecule has 1 heteroatoms. The highest BCUT2D eigenvalue weighted by Crippen LogP contribution is 1.94. The van der Waals surface area contributed by atoms with Crippen LogP contribution in [0.15, 0.2) is 29.4 Å². The van der Waals surface area contributed by atoms with E-state index in [0.717, 1.165) is 12.1 Å². The molecule has 0 rings (SSSR count). The van der Waals surface area contributed by atoms with Gasteiger partial charge in [-0.25, -0.2) is 0 Å². The van der Waals surface area contributed by atoms with Crippen LogP contribution in [0.1, 0.15) is 34.1 Å². The second-order valence-corrected chi connectivity index (χ2v) is 1.77. The zero-order valence-electron chi connectivity index (χ0n) is 8.09. The number of nitrogens with zero attached hydrogens (tertiary/aromatic N) is 1. The second-order valence-electron chi connectivity index (χ2n) is 1.77. The van der Waals surface area contributed by atoms with E-state index in [2.05, 4.69) is 24.6 Å². The summed E-state index contributed by atoms with van der Waals surface area (Å²) in [5, 5.41) is 0. The first-order chi connectivity index (χ1) is 5.31. The predicted molar refractivity (Wildman–Crippen MR) is 54.1 cm³/mol. The molecule has 0 aromatic carbocycles. The Labute approximate surface area is 70.5 Å². The molecule has 0 aliphatic rings. The Kier molecular flexibility index (Phi) is 13.8. The van der Waals surface area contributed by atoms with Crippen molar-refractivity contribution in [2.45, 2.75) is 34.1 Å². The van der Waals surface area contributed by atoms with Crippen LogP contribution >= 0.6 is 0 Å². The molecule has 1 nitrogen and oxygen atoms in total. The van der Waals surface area contributed by atoms with Crippen molar-refractivity contribution in [2.24, 2.45) is 4.99 Å². The fraction of sp³-hybridized carbons (Fsp3) is 0.500. The van der Waals surface area contributed by atoms with Crippen LogP contribution in [0.5, 0.6) is 0 Å². The summed E-state index contributed by atoms with van der Waals surface area (Å²) in [7, 11) is 0. The number of hydrogen-bond donors (Lipinski definition) is 0. The largest absolute Gasteiger partial charge is 0.262 e. The molecule has 0 atom stereocenters. The van der Waals surface area contributed by atoms with E-state index >= 15 is 0 Å². The molecule has 0 saturated heterocycles. The van der Waals surface area contributed by atoms with E-state index in [1.165, 1.54) is 0 Å². The average Bonchev–Trinajstić information content (AvgIpc) is 2.05. The molecular weight excluding hydrogens is 134 g/mol. The molecule has 0 spiro atoms. The first kappa shape index (κ1) is 12.8. The molecule has 0 aromatic rings. The van der Waals surface area contributed by atoms with Gasteiger partial charge in [0.15, 0.2) is 0 Å². The molecule has 0 heterocycles. The van der Waals surface area contributed by atoms with Crippen molar-refractivity contribution in [2.75, 3.05) is 0 Å². The third-order valence-corrected chi connectivity index (χ3v) is 0.883. The van der Waals surface area contributed by atoms with Crippen LogP contribution in [-0.4, -0.2) is 6.21 Å². The van der Waals surface area contributed by atoms with Crippen molar-refractivity contribution in [3.05, 3.63) is 24.4 Å². The lowest BCUT2D eigenvalue weighted by Gasteiger charge is -1.85. The SMILES string of the molecule is C=CC=N/C(C)=C\CC.CC. The van der Waals surface area contributed by atoms with E-state index in [1.807, 2.05) is 20.8 Å². The fourth-order valence-electron chi connectivity index (χ4n) is 0.518. The van der Waals surface area contributed by atoms with E-state index in [0.29, 0.717) is 0 Å². The van der Waals surface area contributed by atoms with Crippen LogP contribution in [0.3, 0.4) is 0 Å². The van der Waals surface area contributed by atoms with Crippen molar-refractivity contribution in [3.63, 3.8) is 0 Å². The lowest BCUT2D eigenvalue weighted by molar-refractivity contribution is 1.16. The van der Waals surface area contributed by atoms with Gasteiger partial charge in [0.25, 0.3) is 0 Å². The van der Waals surface area contributed by atoms with Crippen LogP contribution in [-0.2, 0) is 0 Å². The summed E-state index contributed by atoms with van der Waals surface area (Å²) in [6.45, 7) is 11.6. The van der Waals surface area contributed by atoms with Crippen LogP contribution in [0.4, 0.5) is 0 Å². The zero-order valence-corrected chi connectivity index (χ0v) is 8.09. The van der Waals surface area contributed by atoms with Crippen LogP contribution in [0, 0.1) is 0 Å². The Hall–Kier alpha value is -0.850. The van der Waals surface area contributed by atoms with Gasteiger partial charge in [0.05, 0.1) is 0 Å². The zero-order chi connectivity index (χ0) is 9.11. The van der Waals surface area contributed by atoms with E-state index in [9.17, 15) is 0 Å². The monoisotopic (exact) mass is 153 g/mol. The molecule has 0 radical (unpaired) electrons. The van der Waals surface area contributed by atoms with Crippen LogP contribution in [0.2, 0.25) is 0 Å². The third kappa shape index (κ3) is 12.4. The quantitative estimate of drug-likeness (QED) is 0.549. The van der Waals surface area contributed by atoms with E-state index in [4.69, 9.17) is 0 Å². The highest BCUT2D eigenvalue weighted by atomic mass is 14.7. The number of aliphatic imine (C=N–C) groups is 1. The Morgan fingerprint density at radius 3 is 2.36 bits per heavy atom. The van der Waals surface area contributed by atoms with Gasteiger partial charge in [-0.2, -0.15) is 0 Å². The smallest absolute Gasteiger partial charge is 0.0332 e. The minimum Gasteiger partial charge on any atom is -0.262 e. The minimum atomic E-state index is 1.04. The summed E-state index contributed by atoms with van der Waals surface area (Å²) in [6, 6.07) is 0. The fourth-order valence-corrected chi connectivity index (χ4v) is 0.518. The van der Waals surface area contributed by atoms with Crippen molar-refractivity contribution in [1.29, 1.82) is 0 Å². The van der Waals surface area contributed by atoms with E-state index in [1.54, 1.807) is 12.3 Å². The molecule has 0 amide bonds. The molecule has 0 N–H and O–H groups in total. The molecule has 0 fully saturated rings. The van der Waals surface area contributed by atoms with Gasteiger partial charge in [0.2, 0.25) is 0 Å². The summed E-state index contributed by atoms with van der Waals surface area (Å²) in [4.78, 5) is 4.05. The highest BCUT2D eigenvalue weighted by molar-refractivity contribution is 5.71. The molecule has 0 aromatic heterocycles. The Balaban J connectivity index is 0. The Morgan fingerprint density at radius 2 is 2.00 bits per heavy atom. The van der Waals surface area contributed by atoms with Gasteiger partial charge in [-0.05, 0) is 13.3 Å². The van der Waals surface area contributed by atoms with E-state index < -0.39 is 0 Å². The van der Waals surface area contributed by atoms with Gasteiger partial charge < -0.3 is 0 Å². The molecule has 0 aliphatic carbocycles. The Bertz CT molecular complexity index is 132. The normalized spacial score (nSPS) is 10.7. The highest BCUT2D eigenvalue weighted by Gasteiger charge is 1.75. The maximum atomic E-state index is 4.05. The molecular formula is C10H19N. The Morgan fingerprint density at radius 1 is 1.45 bits per heavy atom. The molecule has 64 valence electrons. The van der Waals surface area contributed by atoms with Crippen LogP contribution in [0.25, 0.3) is 0 Å². The molecule has 0 saturated carbocycles. The standard InChI is InChI=1S/C8H13N.C2H6/c1-4-6-8(3)9-7-5-2;1-2/h5-7H,2,4H2,1,3H3;1-2H3/b8-6-,9-7?;. The summed E-state index contributed by atoms with van der Waals surface area (Å²) < 4.78 is 0. The predicted octanol–water partition coefficient (Wildman–Crippen LogP) is 3.58. The van der Waals surface area contributed by atoms with Gasteiger partial charge in [-0.15, -0.1) is 0 Å². The van der Waals surface area contributed by atoms with Gasteiger partial charge in [-0.3, -0.25) is 4.99 Å². The lowest BCUT2D eigenvalue weighted by Crippen LogP contribution is -1.68. The number of hydrogen-bond acceptors (Lipinski definition) is 1. The van der Waals surface area contributed by atoms with Gasteiger partial charge in [-0.1, -0.05) is 39.5 Å². The lowest BCUT2D eigenvalue weighted by atomic mass is 10.4. The van der Waals surface area contributed by atoms with Crippen molar-refractivity contribution in [1.82, 2.24) is 0 Å². The maximum Gasteiger partial charge on any atom is 0.0332 e. The third-order valence-electron chi connectivity index (χ3n) is 0.883. The topological polar surface area (TPSA) is 12.4 Å². The first-order valence-electron chi connectivity index (χ1n) is 4.13. The average molecular weight is 153 g/mol. The molecule has 0 bridgehead atoms. The summed E-state index contributed by atoms with van der Waals surface area (Å²) in [5.41, 5.74) is 1.05. The number of allylic oxidation sites excluding steroid dienone is 3. The minimum absolute atomic E-state index is 1.04. The summed E-state index contributed by atoms with van der Waals surface area (Å²) in [6.07, 6.45) is 6.48. The summed E-state index contributed by atoms with van der Waals surface area (Å²) in [5.74, 6) is 0. The molecule has 0 aliphatic heterocycles. The second kappa shape index (κ2) is 11.9. The summed E-state index contributed by atoms with van der Waals surface area (Å²) >= 11 is 0. The first-order valence-corrected chi connectivity index (χ1v) is 4.13. The molecule has 0 unspecified atom stereocenters. The van der Waals surface area contributed by atoms with Gasteiger partial charge >= 0.3 is 0 Å². The van der Waals surface area contributed by atoms with Gasteiger partial charge in [0.1, 0.15) is 0 Å². The van der Waals surface area contributed by atoms with Crippen molar-refractivity contribution < 1.29 is 0 Å². The maximum absolute atomic E-state index is 4.05. The van der Waals surface area contributed by atoms with Crippen molar-refractivity contribution >= 4 is 6.21 Å². The van der Waals surface area contributed by atoms with E-state index in [-0.39, 0.29) is 0 Å². The number of rotatable bonds is 3. The molecule has 11 heavy (non-hydrogen) atoms. The van der Waals surface area contributed by atoms with Gasteiger partial charge in [0, 0.05) is 11.9 Å². The van der Waals surface area contributed by atoms with Crippen LogP contribution < -0.4 is 0 Å². The van der Waals surface area contributed by atoms with Crippen molar-refractivity contribution in [3.8, 4) is 0 Å².